The van der Waals surface area contributed by atoms with Gasteiger partial charge in [0.15, 0.2) is 0 Å². The summed E-state index contributed by atoms with van der Waals surface area (Å²) in [4.78, 5) is 16.9. The summed E-state index contributed by atoms with van der Waals surface area (Å²) in [7, 11) is 1.85. The Morgan fingerprint density at radius 3 is 2.88 bits per heavy atom. The maximum atomic E-state index is 12.1. The summed E-state index contributed by atoms with van der Waals surface area (Å²) in [5.41, 5.74) is 5.63. The molecule has 94 valence electrons. The van der Waals surface area contributed by atoms with Gasteiger partial charge in [-0.05, 0) is 35.0 Å². The van der Waals surface area contributed by atoms with Crippen molar-refractivity contribution < 1.29 is 4.79 Å². The van der Waals surface area contributed by atoms with E-state index >= 15 is 0 Å². The number of thiophene rings is 1. The SMILES string of the molecule is CC(CN)N1CC(c2ccc(Br)s2)N(C)C1=O. The van der Waals surface area contributed by atoms with Crippen molar-refractivity contribution in [2.45, 2.75) is 19.0 Å². The van der Waals surface area contributed by atoms with Gasteiger partial charge in [-0.1, -0.05) is 0 Å². The lowest BCUT2D eigenvalue weighted by atomic mass is 10.2. The number of nitrogens with two attached hydrogens (primary N) is 1. The van der Waals surface area contributed by atoms with Crippen molar-refractivity contribution in [2.75, 3.05) is 20.1 Å². The van der Waals surface area contributed by atoms with Crippen molar-refractivity contribution in [3.63, 3.8) is 0 Å². The summed E-state index contributed by atoms with van der Waals surface area (Å²) in [6.07, 6.45) is 0. The monoisotopic (exact) mass is 317 g/mol. The second-order valence-electron chi connectivity index (χ2n) is 4.29. The lowest BCUT2D eigenvalue weighted by Gasteiger charge is -2.21. The van der Waals surface area contributed by atoms with E-state index in [-0.39, 0.29) is 18.1 Å². The first-order chi connectivity index (χ1) is 8.04. The van der Waals surface area contributed by atoms with Crippen LogP contribution in [0.1, 0.15) is 17.8 Å². The predicted molar refractivity (Wildman–Crippen MR) is 73.1 cm³/mol. The number of hydrogen-bond donors (Lipinski definition) is 1. The molecule has 6 heteroatoms. The molecule has 0 saturated carbocycles. The van der Waals surface area contributed by atoms with Gasteiger partial charge in [0.1, 0.15) is 0 Å². The number of nitrogens with zero attached hydrogens (tertiary/aromatic N) is 2. The molecule has 2 amide bonds. The number of carbonyl (C=O) groups is 1. The number of amides is 2. The zero-order valence-electron chi connectivity index (χ0n) is 9.89. The molecule has 0 aliphatic carbocycles. The van der Waals surface area contributed by atoms with Gasteiger partial charge in [-0.2, -0.15) is 0 Å². The highest BCUT2D eigenvalue weighted by Crippen LogP contribution is 2.35. The normalized spacial score (nSPS) is 22.4. The van der Waals surface area contributed by atoms with Crippen molar-refractivity contribution in [1.29, 1.82) is 0 Å². The summed E-state index contributed by atoms with van der Waals surface area (Å²) >= 11 is 5.13. The fourth-order valence-electron chi connectivity index (χ4n) is 2.01. The van der Waals surface area contributed by atoms with E-state index in [1.165, 1.54) is 4.88 Å². The zero-order chi connectivity index (χ0) is 12.6. The molecule has 2 heterocycles. The molecule has 1 aliphatic heterocycles. The fourth-order valence-corrected chi connectivity index (χ4v) is 3.57. The molecule has 2 N–H and O–H groups in total. The summed E-state index contributed by atoms with van der Waals surface area (Å²) in [6, 6.07) is 4.40. The van der Waals surface area contributed by atoms with E-state index in [1.54, 1.807) is 16.2 Å². The molecule has 4 nitrogen and oxygen atoms in total. The van der Waals surface area contributed by atoms with E-state index in [1.807, 2.05) is 24.9 Å². The van der Waals surface area contributed by atoms with E-state index in [0.29, 0.717) is 6.54 Å². The van der Waals surface area contributed by atoms with Crippen molar-refractivity contribution in [2.24, 2.45) is 5.73 Å². The molecule has 0 bridgehead atoms. The molecule has 2 rings (SSSR count). The largest absolute Gasteiger partial charge is 0.328 e. The number of halogens is 1. The minimum absolute atomic E-state index is 0.0671. The van der Waals surface area contributed by atoms with Gasteiger partial charge in [-0.15, -0.1) is 11.3 Å². The summed E-state index contributed by atoms with van der Waals surface area (Å²) in [5.74, 6) is 0. The van der Waals surface area contributed by atoms with Gasteiger partial charge in [0.25, 0.3) is 0 Å². The predicted octanol–water partition coefficient (Wildman–Crippen LogP) is 2.27. The number of hydrogen-bond acceptors (Lipinski definition) is 3. The van der Waals surface area contributed by atoms with Gasteiger partial charge in [-0.25, -0.2) is 4.79 Å². The molecule has 17 heavy (non-hydrogen) atoms. The Balaban J connectivity index is 2.19. The van der Waals surface area contributed by atoms with Gasteiger partial charge < -0.3 is 15.5 Å². The minimum atomic E-state index is 0.0671. The highest BCUT2D eigenvalue weighted by Gasteiger charge is 2.38. The molecule has 1 aromatic rings. The van der Waals surface area contributed by atoms with E-state index in [0.717, 1.165) is 10.3 Å². The van der Waals surface area contributed by atoms with Gasteiger partial charge >= 0.3 is 6.03 Å². The lowest BCUT2D eigenvalue weighted by molar-refractivity contribution is 0.185. The van der Waals surface area contributed by atoms with Gasteiger partial charge in [0.05, 0.1) is 9.83 Å². The van der Waals surface area contributed by atoms with Crippen LogP contribution in [0.5, 0.6) is 0 Å². The quantitative estimate of drug-likeness (QED) is 0.929. The van der Waals surface area contributed by atoms with Crippen LogP contribution in [-0.4, -0.2) is 42.0 Å². The Kier molecular flexibility index (Phi) is 3.75. The maximum Gasteiger partial charge on any atom is 0.320 e. The number of likely N-dealkylation sites (N-methyl/N-ethyl adjacent to an activating group) is 1. The maximum absolute atomic E-state index is 12.1. The average molecular weight is 318 g/mol. The van der Waals surface area contributed by atoms with Crippen LogP contribution in [-0.2, 0) is 0 Å². The third-order valence-electron chi connectivity index (χ3n) is 3.18. The third-order valence-corrected chi connectivity index (χ3v) is 4.91. The van der Waals surface area contributed by atoms with Crippen LogP contribution in [0.15, 0.2) is 15.9 Å². The van der Waals surface area contributed by atoms with Crippen LogP contribution in [0.25, 0.3) is 0 Å². The molecule has 1 fully saturated rings. The summed E-state index contributed by atoms with van der Waals surface area (Å²) in [5, 5.41) is 0. The molecular formula is C11H16BrN3OS. The summed E-state index contributed by atoms with van der Waals surface area (Å²) < 4.78 is 1.10. The van der Waals surface area contributed by atoms with Gasteiger partial charge in [0.2, 0.25) is 0 Å². The number of rotatable bonds is 3. The molecule has 2 atom stereocenters. The Hall–Kier alpha value is -0.590. The number of urea groups is 1. The second-order valence-corrected chi connectivity index (χ2v) is 6.78. The molecule has 2 unspecified atom stereocenters. The Bertz CT molecular complexity index is 423. The smallest absolute Gasteiger partial charge is 0.320 e. The Labute approximate surface area is 114 Å². The van der Waals surface area contributed by atoms with Crippen LogP contribution < -0.4 is 5.73 Å². The van der Waals surface area contributed by atoms with E-state index < -0.39 is 0 Å². The lowest BCUT2D eigenvalue weighted by Crippen LogP contribution is -2.40. The van der Waals surface area contributed by atoms with E-state index in [4.69, 9.17) is 5.73 Å². The first-order valence-corrected chi connectivity index (χ1v) is 7.14. The molecular weight excluding hydrogens is 302 g/mol. The van der Waals surface area contributed by atoms with Crippen LogP contribution in [0.2, 0.25) is 0 Å². The first kappa shape index (κ1) is 12.9. The first-order valence-electron chi connectivity index (χ1n) is 5.53. The van der Waals surface area contributed by atoms with Crippen molar-refractivity contribution in [3.05, 3.63) is 20.8 Å². The fraction of sp³-hybridized carbons (Fsp3) is 0.545. The van der Waals surface area contributed by atoms with Crippen molar-refractivity contribution in [1.82, 2.24) is 9.80 Å². The van der Waals surface area contributed by atoms with Crippen LogP contribution in [0.4, 0.5) is 4.79 Å². The Morgan fingerprint density at radius 2 is 2.35 bits per heavy atom. The van der Waals surface area contributed by atoms with Crippen molar-refractivity contribution in [3.8, 4) is 0 Å². The zero-order valence-corrected chi connectivity index (χ0v) is 12.3. The molecule has 0 radical (unpaired) electrons. The minimum Gasteiger partial charge on any atom is -0.328 e. The standard InChI is InChI=1S/C11H16BrN3OS/c1-7(5-13)15-6-8(14(2)11(15)16)9-3-4-10(12)17-9/h3-4,7-8H,5-6,13H2,1-2H3. The van der Waals surface area contributed by atoms with E-state index in [9.17, 15) is 4.79 Å². The molecule has 0 aromatic carbocycles. The van der Waals surface area contributed by atoms with Crippen LogP contribution in [0.3, 0.4) is 0 Å². The van der Waals surface area contributed by atoms with Crippen LogP contribution >= 0.6 is 27.3 Å². The van der Waals surface area contributed by atoms with Gasteiger partial charge in [-0.3, -0.25) is 0 Å². The summed E-state index contributed by atoms with van der Waals surface area (Å²) in [6.45, 7) is 3.21. The highest BCUT2D eigenvalue weighted by atomic mass is 79.9. The van der Waals surface area contributed by atoms with Crippen LogP contribution in [0, 0.1) is 0 Å². The molecule has 1 saturated heterocycles. The highest BCUT2D eigenvalue weighted by molar-refractivity contribution is 9.11. The van der Waals surface area contributed by atoms with Crippen molar-refractivity contribution >= 4 is 33.3 Å². The molecule has 0 spiro atoms. The topological polar surface area (TPSA) is 49.6 Å². The molecule has 1 aliphatic rings. The van der Waals surface area contributed by atoms with E-state index in [2.05, 4.69) is 22.0 Å². The second kappa shape index (κ2) is 4.96. The van der Waals surface area contributed by atoms with Gasteiger partial charge in [0, 0.05) is 31.1 Å². The molecule has 1 aromatic heterocycles. The Morgan fingerprint density at radius 1 is 1.65 bits per heavy atom. The third kappa shape index (κ3) is 2.34. The average Bonchev–Trinajstić information content (AvgIpc) is 2.85. The number of carbonyl (C=O) groups excluding carboxylic acids is 1.